The number of carboxylic acids is 1. The number of nitrogens with one attached hydrogen (secondary N) is 1. The Kier molecular flexibility index (Phi) is 5.15. The van der Waals surface area contributed by atoms with Crippen molar-refractivity contribution in [3.05, 3.63) is 24.3 Å². The lowest BCUT2D eigenvalue weighted by Crippen LogP contribution is -2.43. The molecule has 0 fully saturated rings. The number of carboxylic acid groups (broad SMARTS) is 1. The maximum atomic E-state index is 12.2. The predicted octanol–water partition coefficient (Wildman–Crippen LogP) is 0.309. The minimum Gasteiger partial charge on any atom is -0.480 e. The third-order valence-electron chi connectivity index (χ3n) is 2.14. The maximum absolute atomic E-state index is 12.2. The molecule has 1 rings (SSSR count). The Morgan fingerprint density at radius 2 is 1.90 bits per heavy atom. The molecule has 0 amide bonds. The van der Waals surface area contributed by atoms with E-state index in [2.05, 4.69) is 4.74 Å². The molecule has 0 aliphatic carbocycles. The Labute approximate surface area is 117 Å². The Hall–Kier alpha value is -1.85. The number of sulfonamides is 1. The number of aliphatic hydroxyl groups is 1. The van der Waals surface area contributed by atoms with Crippen molar-refractivity contribution in [1.82, 2.24) is 4.72 Å². The van der Waals surface area contributed by atoms with Crippen molar-refractivity contribution in [2.75, 3.05) is 6.61 Å². The molecule has 1 atom stereocenters. The molecule has 7 nitrogen and oxygen atoms in total. The lowest BCUT2D eigenvalue weighted by molar-refractivity contribution is -0.275. The number of halogens is 3. The second-order valence-corrected chi connectivity index (χ2v) is 5.37. The molecule has 21 heavy (non-hydrogen) atoms. The molecule has 0 spiro atoms. The van der Waals surface area contributed by atoms with Gasteiger partial charge in [0.15, 0.2) is 0 Å². The van der Waals surface area contributed by atoms with Crippen LogP contribution in [0.3, 0.4) is 0 Å². The number of para-hydroxylation sites is 1. The van der Waals surface area contributed by atoms with Crippen molar-refractivity contribution in [2.24, 2.45) is 0 Å². The Balaban J connectivity index is 3.17. The van der Waals surface area contributed by atoms with Gasteiger partial charge in [0.1, 0.15) is 16.7 Å². The molecule has 0 aliphatic heterocycles. The van der Waals surface area contributed by atoms with Crippen LogP contribution in [0.1, 0.15) is 0 Å². The molecule has 1 aromatic rings. The van der Waals surface area contributed by atoms with Crippen LogP contribution in [0.15, 0.2) is 29.2 Å². The first-order chi connectivity index (χ1) is 9.57. The highest BCUT2D eigenvalue weighted by atomic mass is 32.2. The first-order valence-corrected chi connectivity index (χ1v) is 6.76. The monoisotopic (exact) mass is 329 g/mol. The summed E-state index contributed by atoms with van der Waals surface area (Å²) in [5.74, 6) is -2.70. The van der Waals surface area contributed by atoms with Crippen molar-refractivity contribution >= 4 is 16.0 Å². The number of rotatable bonds is 6. The highest BCUT2D eigenvalue weighted by Gasteiger charge is 2.35. The lowest BCUT2D eigenvalue weighted by Gasteiger charge is -2.16. The average Bonchev–Trinajstić information content (AvgIpc) is 2.34. The highest BCUT2D eigenvalue weighted by molar-refractivity contribution is 7.89. The van der Waals surface area contributed by atoms with Gasteiger partial charge in [-0.3, -0.25) is 4.79 Å². The van der Waals surface area contributed by atoms with Gasteiger partial charge in [-0.2, -0.15) is 4.72 Å². The van der Waals surface area contributed by atoms with Gasteiger partial charge in [-0.1, -0.05) is 12.1 Å². The number of aliphatic carboxylic acids is 1. The summed E-state index contributed by atoms with van der Waals surface area (Å²) in [4.78, 5) is 9.75. The Bertz CT molecular complexity index is 615. The van der Waals surface area contributed by atoms with E-state index in [-0.39, 0.29) is 0 Å². The van der Waals surface area contributed by atoms with Crippen LogP contribution in [0.4, 0.5) is 13.2 Å². The molecule has 0 unspecified atom stereocenters. The fraction of sp³-hybridized carbons (Fsp3) is 0.300. The van der Waals surface area contributed by atoms with Crippen LogP contribution in [0.25, 0.3) is 0 Å². The quantitative estimate of drug-likeness (QED) is 0.692. The molecule has 0 saturated heterocycles. The first-order valence-electron chi connectivity index (χ1n) is 5.27. The summed E-state index contributed by atoms with van der Waals surface area (Å²) in [6, 6.07) is 1.91. The number of hydrogen-bond donors (Lipinski definition) is 3. The number of alkyl halides is 3. The number of carbonyl (C=O) groups is 1. The molecule has 3 N–H and O–H groups in total. The summed E-state index contributed by atoms with van der Waals surface area (Å²) in [5, 5.41) is 17.4. The van der Waals surface area contributed by atoms with Crippen molar-refractivity contribution in [3.63, 3.8) is 0 Å². The van der Waals surface area contributed by atoms with E-state index in [0.717, 1.165) is 24.3 Å². The second kappa shape index (κ2) is 6.28. The number of benzene rings is 1. The fourth-order valence-corrected chi connectivity index (χ4v) is 2.61. The smallest absolute Gasteiger partial charge is 0.480 e. The maximum Gasteiger partial charge on any atom is 0.573 e. The molecular weight excluding hydrogens is 319 g/mol. The van der Waals surface area contributed by atoms with E-state index in [9.17, 15) is 26.4 Å². The van der Waals surface area contributed by atoms with Crippen LogP contribution >= 0.6 is 0 Å². The zero-order valence-electron chi connectivity index (χ0n) is 10.2. The van der Waals surface area contributed by atoms with Gasteiger partial charge in [-0.15, -0.1) is 13.2 Å². The van der Waals surface area contributed by atoms with Crippen LogP contribution in [-0.4, -0.2) is 43.6 Å². The van der Waals surface area contributed by atoms with Crippen LogP contribution < -0.4 is 9.46 Å². The summed E-state index contributed by atoms with van der Waals surface area (Å²) in [7, 11) is -4.64. The van der Waals surface area contributed by atoms with E-state index >= 15 is 0 Å². The van der Waals surface area contributed by atoms with Gasteiger partial charge in [0.05, 0.1) is 6.61 Å². The molecule has 0 bridgehead atoms. The Morgan fingerprint density at radius 3 is 2.38 bits per heavy atom. The van der Waals surface area contributed by atoms with Gasteiger partial charge in [0.2, 0.25) is 10.0 Å². The summed E-state index contributed by atoms with van der Waals surface area (Å²) in [6.07, 6.45) is -5.12. The number of ether oxygens (including phenoxy) is 1. The van der Waals surface area contributed by atoms with Crippen molar-refractivity contribution in [3.8, 4) is 5.75 Å². The van der Waals surface area contributed by atoms with E-state index in [1.807, 2.05) is 0 Å². The molecule has 11 heteroatoms. The van der Waals surface area contributed by atoms with E-state index in [1.165, 1.54) is 0 Å². The van der Waals surface area contributed by atoms with E-state index < -0.39 is 45.6 Å². The largest absolute Gasteiger partial charge is 0.573 e. The summed E-state index contributed by atoms with van der Waals surface area (Å²) >= 11 is 0. The minimum atomic E-state index is -5.12. The van der Waals surface area contributed by atoms with Crippen LogP contribution in [-0.2, 0) is 14.8 Å². The fourth-order valence-electron chi connectivity index (χ4n) is 1.30. The van der Waals surface area contributed by atoms with E-state index in [0.29, 0.717) is 0 Å². The molecule has 0 aromatic heterocycles. The first kappa shape index (κ1) is 17.2. The average molecular weight is 329 g/mol. The van der Waals surface area contributed by atoms with Crippen LogP contribution in [0.2, 0.25) is 0 Å². The van der Waals surface area contributed by atoms with Gasteiger partial charge in [-0.25, -0.2) is 8.42 Å². The Morgan fingerprint density at radius 1 is 1.33 bits per heavy atom. The van der Waals surface area contributed by atoms with Gasteiger partial charge < -0.3 is 14.9 Å². The summed E-state index contributed by atoms with van der Waals surface area (Å²) in [6.45, 7) is -1.07. The summed E-state index contributed by atoms with van der Waals surface area (Å²) in [5.41, 5.74) is 0. The molecule has 1 aromatic carbocycles. The number of aliphatic hydroxyl groups excluding tert-OH is 1. The van der Waals surface area contributed by atoms with E-state index in [4.69, 9.17) is 10.2 Å². The van der Waals surface area contributed by atoms with Gasteiger partial charge in [0.25, 0.3) is 0 Å². The molecule has 0 saturated carbocycles. The molecule has 0 radical (unpaired) electrons. The van der Waals surface area contributed by atoms with Gasteiger partial charge >= 0.3 is 12.3 Å². The highest BCUT2D eigenvalue weighted by Crippen LogP contribution is 2.29. The zero-order chi connectivity index (χ0) is 16.3. The second-order valence-electron chi connectivity index (χ2n) is 3.69. The molecule has 0 heterocycles. The van der Waals surface area contributed by atoms with Crippen molar-refractivity contribution in [1.29, 1.82) is 0 Å². The summed E-state index contributed by atoms with van der Waals surface area (Å²) < 4.78 is 65.5. The standard InChI is InChI=1S/C10H10F3NO6S/c11-10(12,13)20-7-3-1-2-4-8(7)21(18,19)14-6(5-15)9(16)17/h1-4,6,14-15H,5H2,(H,16,17)/t6-/m0/s1. The third-order valence-corrected chi connectivity index (χ3v) is 3.65. The van der Waals surface area contributed by atoms with E-state index in [1.54, 1.807) is 4.72 Å². The topological polar surface area (TPSA) is 113 Å². The lowest BCUT2D eigenvalue weighted by atomic mass is 10.3. The molecule has 118 valence electrons. The zero-order valence-corrected chi connectivity index (χ0v) is 11.0. The third kappa shape index (κ3) is 4.88. The van der Waals surface area contributed by atoms with Gasteiger partial charge in [-0.05, 0) is 12.1 Å². The van der Waals surface area contributed by atoms with Crippen LogP contribution in [0.5, 0.6) is 5.75 Å². The van der Waals surface area contributed by atoms with Crippen molar-refractivity contribution in [2.45, 2.75) is 17.3 Å². The van der Waals surface area contributed by atoms with Crippen LogP contribution in [0, 0.1) is 0 Å². The molecular formula is C10H10F3NO6S. The van der Waals surface area contributed by atoms with Gasteiger partial charge in [0, 0.05) is 0 Å². The normalized spacial score (nSPS) is 13.7. The molecule has 0 aliphatic rings. The predicted molar refractivity (Wildman–Crippen MR) is 62.0 cm³/mol. The van der Waals surface area contributed by atoms with Crippen molar-refractivity contribution < 1.29 is 41.3 Å². The number of hydrogen-bond acceptors (Lipinski definition) is 5. The SMILES string of the molecule is O=C(O)[C@H](CO)NS(=O)(=O)c1ccccc1OC(F)(F)F. The minimum absolute atomic E-state index is 0.761.